The molecule has 2 rings (SSSR count). The number of hydrogen-bond acceptors (Lipinski definition) is 2. The molecule has 1 aromatic carbocycles. The average molecular weight is 314 g/mol. The first-order chi connectivity index (χ1) is 8.82. The Balaban J connectivity index is 0.00000200. The van der Waals surface area contributed by atoms with Gasteiger partial charge in [0.15, 0.2) is 17.3 Å². The Morgan fingerprint density at radius 3 is 2.25 bits per heavy atom. The lowest BCUT2D eigenvalue weighted by Gasteiger charge is -2.06. The molecule has 0 radical (unpaired) electrons. The van der Waals surface area contributed by atoms with Gasteiger partial charge in [0.2, 0.25) is 0 Å². The quantitative estimate of drug-likeness (QED) is 0.858. The van der Waals surface area contributed by atoms with Crippen LogP contribution in [0.4, 0.5) is 27.8 Å². The molecule has 0 saturated carbocycles. The number of hydrogen-bond donors (Lipinski definition) is 1. The fourth-order valence-electron chi connectivity index (χ4n) is 1.51. The molecule has 110 valence electrons. The third kappa shape index (κ3) is 3.01. The number of nitrogens with zero attached hydrogens (tertiary/aromatic N) is 2. The van der Waals surface area contributed by atoms with Gasteiger partial charge in [0.1, 0.15) is 5.82 Å². The molecule has 0 bridgehead atoms. The number of rotatable bonds is 2. The minimum absolute atomic E-state index is 0. The molecule has 0 aliphatic carbocycles. The van der Waals surface area contributed by atoms with Crippen LogP contribution < -0.4 is 5.32 Å². The molecule has 0 aliphatic rings. The average Bonchev–Trinajstić information content (AvgIpc) is 2.76. The second kappa shape index (κ2) is 5.66. The lowest BCUT2D eigenvalue weighted by Crippen LogP contribution is -2.08. The maximum Gasteiger partial charge on any atom is 0.435 e. The van der Waals surface area contributed by atoms with Gasteiger partial charge in [-0.3, -0.25) is 0 Å². The molecular formula is C11H9ClF5N3. The molecule has 0 unspecified atom stereocenters. The van der Waals surface area contributed by atoms with Crippen molar-refractivity contribution in [2.75, 3.05) is 12.4 Å². The van der Waals surface area contributed by atoms with E-state index in [1.807, 2.05) is 0 Å². The minimum atomic E-state index is -4.62. The van der Waals surface area contributed by atoms with E-state index >= 15 is 0 Å². The van der Waals surface area contributed by atoms with Crippen LogP contribution >= 0.6 is 12.4 Å². The SMILES string of the molecule is CNc1cc(C(F)(F)F)nn1-c1ccc(F)c(F)c1.Cl. The molecule has 0 fully saturated rings. The molecule has 0 saturated heterocycles. The second-order valence-corrected chi connectivity index (χ2v) is 3.67. The first-order valence-electron chi connectivity index (χ1n) is 5.13. The van der Waals surface area contributed by atoms with Crippen molar-refractivity contribution in [3.05, 3.63) is 41.6 Å². The van der Waals surface area contributed by atoms with Gasteiger partial charge >= 0.3 is 6.18 Å². The highest BCUT2D eigenvalue weighted by Crippen LogP contribution is 2.31. The van der Waals surface area contributed by atoms with E-state index in [1.165, 1.54) is 7.05 Å². The van der Waals surface area contributed by atoms with Gasteiger partial charge in [0.25, 0.3) is 0 Å². The summed E-state index contributed by atoms with van der Waals surface area (Å²) in [4.78, 5) is 0. The molecule has 1 aromatic heterocycles. The summed E-state index contributed by atoms with van der Waals surface area (Å²) < 4.78 is 64.3. The Morgan fingerprint density at radius 2 is 1.75 bits per heavy atom. The van der Waals surface area contributed by atoms with Gasteiger partial charge in [0, 0.05) is 19.2 Å². The number of halogens is 6. The van der Waals surface area contributed by atoms with Crippen molar-refractivity contribution in [2.24, 2.45) is 0 Å². The largest absolute Gasteiger partial charge is 0.435 e. The third-order valence-electron chi connectivity index (χ3n) is 2.40. The maximum absolute atomic E-state index is 13.1. The van der Waals surface area contributed by atoms with Gasteiger partial charge in [-0.15, -0.1) is 12.4 Å². The molecule has 20 heavy (non-hydrogen) atoms. The fraction of sp³-hybridized carbons (Fsp3) is 0.182. The highest BCUT2D eigenvalue weighted by atomic mass is 35.5. The molecule has 3 nitrogen and oxygen atoms in total. The number of anilines is 1. The summed E-state index contributed by atoms with van der Waals surface area (Å²) in [5.41, 5.74) is -1.14. The predicted octanol–water partition coefficient (Wildman–Crippen LogP) is 3.63. The van der Waals surface area contributed by atoms with Gasteiger partial charge in [-0.05, 0) is 12.1 Å². The number of alkyl halides is 3. The van der Waals surface area contributed by atoms with Crippen molar-refractivity contribution in [3.63, 3.8) is 0 Å². The van der Waals surface area contributed by atoms with Crippen molar-refractivity contribution >= 4 is 18.2 Å². The van der Waals surface area contributed by atoms with E-state index in [9.17, 15) is 22.0 Å². The lowest BCUT2D eigenvalue weighted by atomic mass is 10.3. The summed E-state index contributed by atoms with van der Waals surface area (Å²) in [6.07, 6.45) is -4.62. The third-order valence-corrected chi connectivity index (χ3v) is 2.40. The Kier molecular flexibility index (Phi) is 4.59. The van der Waals surface area contributed by atoms with E-state index < -0.39 is 23.5 Å². The normalized spacial score (nSPS) is 11.1. The molecule has 0 amide bonds. The van der Waals surface area contributed by atoms with Crippen LogP contribution in [0.2, 0.25) is 0 Å². The zero-order valence-corrected chi connectivity index (χ0v) is 10.8. The number of benzene rings is 1. The minimum Gasteiger partial charge on any atom is -0.373 e. The molecule has 1 N–H and O–H groups in total. The molecule has 0 atom stereocenters. The van der Waals surface area contributed by atoms with E-state index in [0.717, 1.165) is 28.9 Å². The summed E-state index contributed by atoms with van der Waals surface area (Å²) in [6.45, 7) is 0. The molecule has 0 aliphatic heterocycles. The van der Waals surface area contributed by atoms with Gasteiger partial charge in [-0.1, -0.05) is 0 Å². The Bertz CT molecular complexity index is 609. The van der Waals surface area contributed by atoms with Gasteiger partial charge in [0.05, 0.1) is 5.69 Å². The highest BCUT2D eigenvalue weighted by molar-refractivity contribution is 5.85. The number of aromatic nitrogens is 2. The fourth-order valence-corrected chi connectivity index (χ4v) is 1.51. The van der Waals surface area contributed by atoms with Crippen molar-refractivity contribution in [2.45, 2.75) is 6.18 Å². The zero-order valence-electron chi connectivity index (χ0n) is 10.0. The highest BCUT2D eigenvalue weighted by Gasteiger charge is 2.35. The second-order valence-electron chi connectivity index (χ2n) is 3.67. The van der Waals surface area contributed by atoms with E-state index in [0.29, 0.717) is 0 Å². The molecule has 0 spiro atoms. The van der Waals surface area contributed by atoms with Gasteiger partial charge in [-0.25, -0.2) is 13.5 Å². The van der Waals surface area contributed by atoms with Crippen LogP contribution in [0.25, 0.3) is 5.69 Å². The smallest absolute Gasteiger partial charge is 0.373 e. The van der Waals surface area contributed by atoms with E-state index in [2.05, 4.69) is 10.4 Å². The molecule has 1 heterocycles. The van der Waals surface area contributed by atoms with E-state index in [1.54, 1.807) is 0 Å². The summed E-state index contributed by atoms with van der Waals surface area (Å²) in [7, 11) is 1.40. The van der Waals surface area contributed by atoms with E-state index in [4.69, 9.17) is 0 Å². The van der Waals surface area contributed by atoms with Crippen molar-refractivity contribution in [3.8, 4) is 5.69 Å². The summed E-state index contributed by atoms with van der Waals surface area (Å²) in [5.74, 6) is -2.24. The van der Waals surface area contributed by atoms with Gasteiger partial charge in [-0.2, -0.15) is 18.3 Å². The summed E-state index contributed by atoms with van der Waals surface area (Å²) in [6, 6.07) is 3.50. The first-order valence-corrected chi connectivity index (χ1v) is 5.13. The standard InChI is InChI=1S/C11H8F5N3.ClH/c1-17-10-5-9(11(14,15)16)18-19(10)6-2-3-7(12)8(13)4-6;/h2-5,17H,1H3;1H. The van der Waals surface area contributed by atoms with Crippen molar-refractivity contribution in [1.82, 2.24) is 9.78 Å². The Morgan fingerprint density at radius 1 is 1.10 bits per heavy atom. The van der Waals surface area contributed by atoms with Crippen LogP contribution in [-0.4, -0.2) is 16.8 Å². The predicted molar refractivity (Wildman–Crippen MR) is 65.3 cm³/mol. The van der Waals surface area contributed by atoms with Crippen molar-refractivity contribution in [1.29, 1.82) is 0 Å². The summed E-state index contributed by atoms with van der Waals surface area (Å²) in [5, 5.41) is 5.84. The molecule has 2 aromatic rings. The Labute approximate surface area is 116 Å². The lowest BCUT2D eigenvalue weighted by molar-refractivity contribution is -0.141. The van der Waals surface area contributed by atoms with Gasteiger partial charge < -0.3 is 5.32 Å². The zero-order chi connectivity index (χ0) is 14.2. The number of nitrogens with one attached hydrogen (secondary N) is 1. The maximum atomic E-state index is 13.1. The summed E-state index contributed by atoms with van der Waals surface area (Å²) >= 11 is 0. The van der Waals surface area contributed by atoms with Crippen LogP contribution in [0.5, 0.6) is 0 Å². The Hall–Kier alpha value is -1.83. The topological polar surface area (TPSA) is 29.9 Å². The monoisotopic (exact) mass is 313 g/mol. The van der Waals surface area contributed by atoms with Crippen LogP contribution in [0.15, 0.2) is 24.3 Å². The van der Waals surface area contributed by atoms with E-state index in [-0.39, 0.29) is 23.9 Å². The molecule has 9 heteroatoms. The van der Waals surface area contributed by atoms with Crippen LogP contribution in [0.3, 0.4) is 0 Å². The van der Waals surface area contributed by atoms with Crippen LogP contribution in [0.1, 0.15) is 5.69 Å². The van der Waals surface area contributed by atoms with Crippen LogP contribution in [-0.2, 0) is 6.18 Å². The first kappa shape index (κ1) is 16.2. The van der Waals surface area contributed by atoms with Crippen molar-refractivity contribution < 1.29 is 22.0 Å². The molecular weight excluding hydrogens is 305 g/mol. The van der Waals surface area contributed by atoms with Crippen LogP contribution in [0, 0.1) is 11.6 Å².